The van der Waals surface area contributed by atoms with Crippen LogP contribution in [0, 0.1) is 6.92 Å². The molecule has 0 saturated carbocycles. The molecule has 0 fully saturated rings. The molecule has 0 aliphatic carbocycles. The Morgan fingerprint density at radius 1 is 0.897 bits per heavy atom. The summed E-state index contributed by atoms with van der Waals surface area (Å²) in [5.41, 5.74) is 4.78. The first-order valence-electron chi connectivity index (χ1n) is 12.6. The monoisotopic (exact) mass is 520 g/mol. The van der Waals surface area contributed by atoms with Crippen LogP contribution in [0.1, 0.15) is 24.6 Å². The Balaban J connectivity index is 1.53. The molecule has 0 bridgehead atoms. The van der Waals surface area contributed by atoms with Gasteiger partial charge in [-0.05, 0) is 47.5 Å². The molecule has 3 heterocycles. The second-order valence-electron chi connectivity index (χ2n) is 8.94. The second-order valence-corrected chi connectivity index (χ2v) is 8.94. The molecule has 3 N–H and O–H groups in total. The molecule has 2 aromatic carbocycles. The van der Waals surface area contributed by atoms with Crippen molar-refractivity contribution < 1.29 is 4.79 Å². The van der Waals surface area contributed by atoms with E-state index in [2.05, 4.69) is 65.4 Å². The van der Waals surface area contributed by atoms with Crippen molar-refractivity contribution in [2.45, 2.75) is 26.8 Å². The smallest absolute Gasteiger partial charge is 0.324 e. The average molecular weight is 521 g/mol. The Bertz CT molecular complexity index is 1520. The van der Waals surface area contributed by atoms with Crippen LogP contribution in [0.25, 0.3) is 22.6 Å². The van der Waals surface area contributed by atoms with E-state index in [0.717, 1.165) is 41.2 Å². The number of aromatic amines is 1. The first-order chi connectivity index (χ1) is 19.1. The highest BCUT2D eigenvalue weighted by Crippen LogP contribution is 2.32. The van der Waals surface area contributed by atoms with Gasteiger partial charge in [0.2, 0.25) is 0 Å². The average Bonchev–Trinajstić information content (AvgIpc) is 3.50. The molecule has 0 atom stereocenters. The number of amides is 2. The van der Waals surface area contributed by atoms with Crippen molar-refractivity contribution in [3.05, 3.63) is 90.1 Å². The fourth-order valence-corrected chi connectivity index (χ4v) is 4.17. The number of pyridine rings is 1. The van der Waals surface area contributed by atoms with Gasteiger partial charge in [-0.2, -0.15) is 5.10 Å². The quantitative estimate of drug-likeness (QED) is 0.244. The number of aryl methyl sites for hydroxylation is 1. The minimum Gasteiger partial charge on any atom is -0.352 e. The van der Waals surface area contributed by atoms with Gasteiger partial charge in [0.15, 0.2) is 11.6 Å². The van der Waals surface area contributed by atoms with E-state index in [4.69, 9.17) is 4.98 Å². The van der Waals surface area contributed by atoms with E-state index in [1.807, 2.05) is 61.5 Å². The van der Waals surface area contributed by atoms with Crippen molar-refractivity contribution >= 4 is 23.4 Å². The van der Waals surface area contributed by atoms with Crippen molar-refractivity contribution in [1.82, 2.24) is 35.8 Å². The molecule has 0 spiro atoms. The number of hydrogen-bond acceptors (Lipinski definition) is 8. The highest BCUT2D eigenvalue weighted by atomic mass is 16.2. The zero-order valence-electron chi connectivity index (χ0n) is 21.7. The number of tetrazole rings is 1. The van der Waals surface area contributed by atoms with Crippen LogP contribution in [-0.4, -0.2) is 48.4 Å². The molecule has 5 aromatic rings. The van der Waals surface area contributed by atoms with Crippen LogP contribution >= 0.6 is 0 Å². The summed E-state index contributed by atoms with van der Waals surface area (Å²) in [7, 11) is 0. The predicted octanol–water partition coefficient (Wildman–Crippen LogP) is 5.09. The van der Waals surface area contributed by atoms with Gasteiger partial charge in [0.25, 0.3) is 0 Å². The summed E-state index contributed by atoms with van der Waals surface area (Å²) in [6, 6.07) is 24.7. The minimum absolute atomic E-state index is 0.354. The first kappa shape index (κ1) is 25.5. The molecule has 39 heavy (non-hydrogen) atoms. The molecule has 11 heteroatoms. The maximum atomic E-state index is 12.9. The zero-order valence-corrected chi connectivity index (χ0v) is 21.7. The van der Waals surface area contributed by atoms with Gasteiger partial charge in [0.05, 0.1) is 11.4 Å². The SMILES string of the molecule is CCCN(Cc1ccccc1)c1cc(NC(=O)Nc2ccc(C)nn2)cc(-c2ccccc2-c2nnn[nH]2)n1. The normalized spacial score (nSPS) is 10.7. The number of carbonyl (C=O) groups excluding carboxylic acids is 1. The van der Waals surface area contributed by atoms with Crippen molar-refractivity contribution in [3.63, 3.8) is 0 Å². The lowest BCUT2D eigenvalue weighted by Gasteiger charge is -2.25. The third-order valence-corrected chi connectivity index (χ3v) is 5.95. The Hall–Kier alpha value is -5.19. The standard InChI is InChI=1S/C28H28N10O/c1-3-15-38(18-20-9-5-4-6-10-20)26-17-21(29-28(39)31-25-14-13-19(2)32-33-25)16-24(30-26)22-11-7-8-12-23(22)27-34-36-37-35-27/h4-14,16-17H,3,15,18H2,1-2H3,(H,34,35,36,37)(H2,29,30,31,33,39). The number of anilines is 3. The lowest BCUT2D eigenvalue weighted by molar-refractivity contribution is 0.262. The van der Waals surface area contributed by atoms with E-state index in [1.54, 1.807) is 12.1 Å². The van der Waals surface area contributed by atoms with Crippen LogP contribution in [0.2, 0.25) is 0 Å². The van der Waals surface area contributed by atoms with Crippen molar-refractivity contribution in [3.8, 4) is 22.6 Å². The summed E-state index contributed by atoms with van der Waals surface area (Å²) < 4.78 is 0. The lowest BCUT2D eigenvalue weighted by atomic mass is 10.0. The maximum Gasteiger partial charge on any atom is 0.324 e. The molecule has 3 aromatic heterocycles. The van der Waals surface area contributed by atoms with Crippen LogP contribution in [0.5, 0.6) is 0 Å². The Kier molecular flexibility index (Phi) is 7.77. The fourth-order valence-electron chi connectivity index (χ4n) is 4.17. The summed E-state index contributed by atoms with van der Waals surface area (Å²) in [5, 5.41) is 28.1. The van der Waals surface area contributed by atoms with Gasteiger partial charge >= 0.3 is 6.03 Å². The number of rotatable bonds is 9. The van der Waals surface area contributed by atoms with E-state index in [-0.39, 0.29) is 0 Å². The van der Waals surface area contributed by atoms with Gasteiger partial charge in [-0.15, -0.1) is 10.2 Å². The first-order valence-corrected chi connectivity index (χ1v) is 12.6. The molecule has 0 saturated heterocycles. The molecule has 0 radical (unpaired) electrons. The highest BCUT2D eigenvalue weighted by molar-refractivity contribution is 5.99. The van der Waals surface area contributed by atoms with Crippen LogP contribution in [0.15, 0.2) is 78.9 Å². The zero-order chi connectivity index (χ0) is 27.0. The van der Waals surface area contributed by atoms with Crippen molar-refractivity contribution in [2.24, 2.45) is 0 Å². The molecule has 0 unspecified atom stereocenters. The summed E-state index contributed by atoms with van der Waals surface area (Å²) in [5.74, 6) is 1.61. The summed E-state index contributed by atoms with van der Waals surface area (Å²) in [4.78, 5) is 20.2. The number of H-pyrrole nitrogens is 1. The number of aromatic nitrogens is 7. The molecule has 2 amide bonds. The third-order valence-electron chi connectivity index (χ3n) is 5.95. The second kappa shape index (κ2) is 11.9. The number of nitrogens with zero attached hydrogens (tertiary/aromatic N) is 7. The molecule has 196 valence electrons. The molecule has 11 nitrogen and oxygen atoms in total. The topological polar surface area (TPSA) is 138 Å². The van der Waals surface area contributed by atoms with Gasteiger partial charge in [-0.3, -0.25) is 5.32 Å². The van der Waals surface area contributed by atoms with Gasteiger partial charge in [0.1, 0.15) is 5.82 Å². The molecule has 0 aliphatic rings. The van der Waals surface area contributed by atoms with Crippen LogP contribution < -0.4 is 15.5 Å². The number of urea groups is 1. The Morgan fingerprint density at radius 2 is 1.69 bits per heavy atom. The van der Waals surface area contributed by atoms with E-state index in [0.29, 0.717) is 29.6 Å². The third kappa shape index (κ3) is 6.39. The highest BCUT2D eigenvalue weighted by Gasteiger charge is 2.17. The van der Waals surface area contributed by atoms with E-state index in [1.165, 1.54) is 0 Å². The summed E-state index contributed by atoms with van der Waals surface area (Å²) in [6.07, 6.45) is 0.925. The predicted molar refractivity (Wildman–Crippen MR) is 150 cm³/mol. The van der Waals surface area contributed by atoms with E-state index >= 15 is 0 Å². The molecule has 5 rings (SSSR count). The van der Waals surface area contributed by atoms with Crippen LogP contribution in [0.4, 0.5) is 22.1 Å². The van der Waals surface area contributed by atoms with Gasteiger partial charge in [-0.25, -0.2) is 14.9 Å². The van der Waals surface area contributed by atoms with Crippen LogP contribution in [0.3, 0.4) is 0 Å². The van der Waals surface area contributed by atoms with E-state index in [9.17, 15) is 4.79 Å². The van der Waals surface area contributed by atoms with Crippen molar-refractivity contribution in [1.29, 1.82) is 0 Å². The van der Waals surface area contributed by atoms with Crippen molar-refractivity contribution in [2.75, 3.05) is 22.1 Å². The number of nitrogens with one attached hydrogen (secondary N) is 3. The van der Waals surface area contributed by atoms with Crippen LogP contribution in [-0.2, 0) is 6.54 Å². The minimum atomic E-state index is -0.436. The Morgan fingerprint density at radius 3 is 2.41 bits per heavy atom. The van der Waals surface area contributed by atoms with Gasteiger partial charge in [0, 0.05) is 36.0 Å². The maximum absolute atomic E-state index is 12.9. The summed E-state index contributed by atoms with van der Waals surface area (Å²) in [6.45, 7) is 5.41. The Labute approximate surface area is 225 Å². The number of benzene rings is 2. The number of carbonyl (C=O) groups is 1. The van der Waals surface area contributed by atoms with Gasteiger partial charge < -0.3 is 10.2 Å². The van der Waals surface area contributed by atoms with E-state index < -0.39 is 6.03 Å². The lowest BCUT2D eigenvalue weighted by Crippen LogP contribution is -2.25. The molecular weight excluding hydrogens is 492 g/mol. The molecule has 0 aliphatic heterocycles. The molecular formula is C28H28N10O. The number of hydrogen-bond donors (Lipinski definition) is 3. The van der Waals surface area contributed by atoms with Gasteiger partial charge in [-0.1, -0.05) is 61.5 Å². The largest absolute Gasteiger partial charge is 0.352 e. The fraction of sp³-hybridized carbons (Fsp3) is 0.179. The summed E-state index contributed by atoms with van der Waals surface area (Å²) >= 11 is 0.